The van der Waals surface area contributed by atoms with Crippen molar-refractivity contribution in [3.63, 3.8) is 0 Å². The van der Waals surface area contributed by atoms with E-state index in [-0.39, 0.29) is 6.09 Å². The van der Waals surface area contributed by atoms with E-state index in [1.54, 1.807) is 4.90 Å². The van der Waals surface area contributed by atoms with Crippen LogP contribution in [0.1, 0.15) is 6.92 Å². The van der Waals surface area contributed by atoms with Crippen LogP contribution in [0.4, 0.5) is 4.79 Å². The molecule has 0 radical (unpaired) electrons. The quantitative estimate of drug-likeness (QED) is 0.532. The molecular weight excluding hydrogens is 120 g/mol. The second-order valence-corrected chi connectivity index (χ2v) is 1.96. The highest BCUT2D eigenvalue weighted by Crippen LogP contribution is 2.04. The van der Waals surface area contributed by atoms with Gasteiger partial charge in [-0.1, -0.05) is 0 Å². The molecule has 4 nitrogen and oxygen atoms in total. The normalized spacial score (nSPS) is 26.7. The maximum atomic E-state index is 10.6. The maximum Gasteiger partial charge on any atom is 0.411 e. The molecule has 0 bridgehead atoms. The molecule has 4 heteroatoms. The Hall–Kier alpha value is -0.770. The molecule has 0 aromatic rings. The largest absolute Gasteiger partial charge is 0.429 e. The number of hydrogen-bond acceptors (Lipinski definition) is 3. The molecule has 0 aromatic carbocycles. The minimum absolute atomic E-state index is 0.301. The Bertz CT molecular complexity index is 126. The van der Waals surface area contributed by atoms with Gasteiger partial charge in [0.15, 0.2) is 6.23 Å². The van der Waals surface area contributed by atoms with Gasteiger partial charge < -0.3 is 9.64 Å². The second kappa shape index (κ2) is 2.23. The summed E-state index contributed by atoms with van der Waals surface area (Å²) in [5, 5.41) is 0. The Morgan fingerprint density at radius 3 is 2.89 bits per heavy atom. The highest BCUT2D eigenvalue weighted by molar-refractivity contribution is 5.69. The van der Waals surface area contributed by atoms with E-state index in [1.807, 2.05) is 6.92 Å². The first-order chi connectivity index (χ1) is 4.24. The summed E-state index contributed by atoms with van der Waals surface area (Å²) in [5.41, 5.74) is 5.31. The first kappa shape index (κ1) is 6.35. The van der Waals surface area contributed by atoms with Crippen molar-refractivity contribution in [1.29, 1.82) is 0 Å². The van der Waals surface area contributed by atoms with E-state index < -0.39 is 6.23 Å². The summed E-state index contributed by atoms with van der Waals surface area (Å²) in [6, 6.07) is 0. The minimum Gasteiger partial charge on any atom is -0.429 e. The number of amides is 1. The van der Waals surface area contributed by atoms with Gasteiger partial charge in [-0.15, -0.1) is 0 Å². The van der Waals surface area contributed by atoms with Gasteiger partial charge in [-0.05, 0) is 6.92 Å². The van der Waals surface area contributed by atoms with Crippen LogP contribution in [-0.4, -0.2) is 30.3 Å². The Morgan fingerprint density at radius 1 is 2.00 bits per heavy atom. The van der Waals surface area contributed by atoms with E-state index in [4.69, 9.17) is 5.73 Å². The van der Waals surface area contributed by atoms with Gasteiger partial charge in [0.25, 0.3) is 0 Å². The van der Waals surface area contributed by atoms with Crippen molar-refractivity contribution in [2.45, 2.75) is 13.2 Å². The first-order valence-corrected chi connectivity index (χ1v) is 2.95. The number of nitrogens with two attached hydrogens (primary N) is 1. The molecule has 1 amide bonds. The fraction of sp³-hybridized carbons (Fsp3) is 0.800. The zero-order valence-corrected chi connectivity index (χ0v) is 5.33. The topological polar surface area (TPSA) is 55.6 Å². The summed E-state index contributed by atoms with van der Waals surface area (Å²) < 4.78 is 4.63. The molecule has 1 aliphatic heterocycles. The fourth-order valence-corrected chi connectivity index (χ4v) is 0.791. The Morgan fingerprint density at radius 2 is 2.67 bits per heavy atom. The van der Waals surface area contributed by atoms with Crippen LogP contribution in [0.25, 0.3) is 0 Å². The van der Waals surface area contributed by atoms with Crippen molar-refractivity contribution in [3.8, 4) is 0 Å². The van der Waals surface area contributed by atoms with E-state index in [1.165, 1.54) is 0 Å². The third-order valence-corrected chi connectivity index (χ3v) is 1.29. The standard InChI is InChI=1S/C5H10N2O2/c1-2-7-3-4(6)9-5(7)8/h4H,2-3,6H2,1H3. The summed E-state index contributed by atoms with van der Waals surface area (Å²) in [5.74, 6) is 0. The van der Waals surface area contributed by atoms with Crippen LogP contribution < -0.4 is 5.73 Å². The minimum atomic E-state index is -0.419. The number of hydrogen-bond donors (Lipinski definition) is 1. The number of carbonyl (C=O) groups is 1. The molecule has 1 rings (SSSR count). The fourth-order valence-electron chi connectivity index (χ4n) is 0.791. The summed E-state index contributed by atoms with van der Waals surface area (Å²) >= 11 is 0. The number of likely N-dealkylation sites (N-methyl/N-ethyl adjacent to an activating group) is 1. The zero-order valence-electron chi connectivity index (χ0n) is 5.33. The van der Waals surface area contributed by atoms with Crippen molar-refractivity contribution < 1.29 is 9.53 Å². The van der Waals surface area contributed by atoms with E-state index in [9.17, 15) is 4.79 Å². The van der Waals surface area contributed by atoms with Crippen molar-refractivity contribution in [1.82, 2.24) is 4.90 Å². The molecule has 1 atom stereocenters. The van der Waals surface area contributed by atoms with Crippen LogP contribution in [-0.2, 0) is 4.74 Å². The summed E-state index contributed by atoms with van der Waals surface area (Å²) in [6.45, 7) is 3.08. The lowest BCUT2D eigenvalue weighted by molar-refractivity contribution is 0.135. The molecule has 1 heterocycles. The van der Waals surface area contributed by atoms with Crippen LogP contribution >= 0.6 is 0 Å². The van der Waals surface area contributed by atoms with Crippen LogP contribution in [0.15, 0.2) is 0 Å². The highest BCUT2D eigenvalue weighted by Gasteiger charge is 2.26. The summed E-state index contributed by atoms with van der Waals surface area (Å²) in [4.78, 5) is 12.2. The molecule has 2 N–H and O–H groups in total. The Balaban J connectivity index is 2.48. The van der Waals surface area contributed by atoms with Crippen molar-refractivity contribution in [2.24, 2.45) is 5.73 Å². The predicted molar refractivity (Wildman–Crippen MR) is 31.7 cm³/mol. The molecule has 0 aromatic heterocycles. The SMILES string of the molecule is CCN1CC(N)OC1=O. The smallest absolute Gasteiger partial charge is 0.411 e. The zero-order chi connectivity index (χ0) is 6.85. The highest BCUT2D eigenvalue weighted by atomic mass is 16.6. The van der Waals surface area contributed by atoms with Gasteiger partial charge in [0, 0.05) is 6.54 Å². The predicted octanol–water partition coefficient (Wildman–Crippen LogP) is -0.257. The van der Waals surface area contributed by atoms with Gasteiger partial charge >= 0.3 is 6.09 Å². The number of nitrogens with zero attached hydrogens (tertiary/aromatic N) is 1. The molecule has 1 fully saturated rings. The lowest BCUT2D eigenvalue weighted by Crippen LogP contribution is -2.27. The van der Waals surface area contributed by atoms with Gasteiger partial charge in [-0.3, -0.25) is 5.73 Å². The van der Waals surface area contributed by atoms with E-state index in [0.29, 0.717) is 13.1 Å². The third kappa shape index (κ3) is 1.13. The van der Waals surface area contributed by atoms with Crippen LogP contribution in [0.2, 0.25) is 0 Å². The Kier molecular flexibility index (Phi) is 1.57. The van der Waals surface area contributed by atoms with Gasteiger partial charge in [0.05, 0.1) is 6.54 Å². The van der Waals surface area contributed by atoms with Gasteiger partial charge in [-0.2, -0.15) is 0 Å². The molecule has 0 saturated carbocycles. The number of ether oxygens (including phenoxy) is 1. The van der Waals surface area contributed by atoms with E-state index in [0.717, 1.165) is 0 Å². The maximum absolute atomic E-state index is 10.6. The lowest BCUT2D eigenvalue weighted by atomic mass is 10.5. The molecule has 9 heavy (non-hydrogen) atoms. The number of rotatable bonds is 1. The molecule has 0 spiro atoms. The lowest BCUT2D eigenvalue weighted by Gasteiger charge is -2.06. The Labute approximate surface area is 53.6 Å². The van der Waals surface area contributed by atoms with Crippen molar-refractivity contribution in [3.05, 3.63) is 0 Å². The second-order valence-electron chi connectivity index (χ2n) is 1.96. The molecule has 1 unspecified atom stereocenters. The van der Waals surface area contributed by atoms with Gasteiger partial charge in [0.1, 0.15) is 0 Å². The average Bonchev–Trinajstić information content (AvgIpc) is 2.10. The van der Waals surface area contributed by atoms with Gasteiger partial charge in [0.2, 0.25) is 0 Å². The van der Waals surface area contributed by atoms with Crippen LogP contribution in [0.3, 0.4) is 0 Å². The summed E-state index contributed by atoms with van der Waals surface area (Å²) in [6.07, 6.45) is -0.720. The molecule has 1 aliphatic rings. The first-order valence-electron chi connectivity index (χ1n) is 2.95. The molecular formula is C5H10N2O2. The monoisotopic (exact) mass is 130 g/mol. The van der Waals surface area contributed by atoms with Crippen LogP contribution in [0, 0.1) is 0 Å². The number of cyclic esters (lactones) is 1. The van der Waals surface area contributed by atoms with Gasteiger partial charge in [-0.25, -0.2) is 4.79 Å². The van der Waals surface area contributed by atoms with Crippen LogP contribution in [0.5, 0.6) is 0 Å². The molecule has 1 saturated heterocycles. The van der Waals surface area contributed by atoms with E-state index >= 15 is 0 Å². The number of carbonyl (C=O) groups excluding carboxylic acids is 1. The molecule has 52 valence electrons. The van der Waals surface area contributed by atoms with Crippen molar-refractivity contribution >= 4 is 6.09 Å². The van der Waals surface area contributed by atoms with E-state index in [2.05, 4.69) is 4.74 Å². The molecule has 0 aliphatic carbocycles. The third-order valence-electron chi connectivity index (χ3n) is 1.29. The average molecular weight is 130 g/mol. The van der Waals surface area contributed by atoms with Crippen molar-refractivity contribution in [2.75, 3.05) is 13.1 Å². The summed E-state index contributed by atoms with van der Waals surface area (Å²) in [7, 11) is 0.